The molecule has 1 N–H and O–H groups in total. The molecule has 2 rings (SSSR count). The van der Waals surface area contributed by atoms with Crippen LogP contribution in [0.2, 0.25) is 0 Å². The van der Waals surface area contributed by atoms with Gasteiger partial charge in [-0.1, -0.05) is 30.3 Å². The molecule has 0 fully saturated rings. The van der Waals surface area contributed by atoms with E-state index in [9.17, 15) is 9.59 Å². The van der Waals surface area contributed by atoms with Gasteiger partial charge in [0.2, 0.25) is 5.91 Å². The fraction of sp³-hybridized carbons (Fsp3) is 0.250. The summed E-state index contributed by atoms with van der Waals surface area (Å²) >= 11 is 0. The van der Waals surface area contributed by atoms with E-state index >= 15 is 0 Å². The van der Waals surface area contributed by atoms with Crippen molar-refractivity contribution in [2.24, 2.45) is 0 Å². The summed E-state index contributed by atoms with van der Waals surface area (Å²) in [5, 5.41) is 2.87. The van der Waals surface area contributed by atoms with Crippen LogP contribution in [-0.2, 0) is 20.7 Å². The minimum absolute atomic E-state index is 0.178. The Labute approximate surface area is 177 Å². The van der Waals surface area contributed by atoms with E-state index in [4.69, 9.17) is 14.2 Å². The second-order valence-electron chi connectivity index (χ2n) is 6.28. The summed E-state index contributed by atoms with van der Waals surface area (Å²) in [5.74, 6) is 0.538. The van der Waals surface area contributed by atoms with Crippen LogP contribution in [0.5, 0.6) is 11.5 Å². The quantitative estimate of drug-likeness (QED) is 0.479. The molecule has 0 aromatic heterocycles. The van der Waals surface area contributed by atoms with Crippen LogP contribution in [0.25, 0.3) is 12.2 Å². The van der Waals surface area contributed by atoms with Gasteiger partial charge in [-0.15, -0.1) is 0 Å². The SMILES string of the molecule is CCOC(=O)/C=C/c1cc(OC)c(OC)cc1CCNC(=O)/C=C/c1ccccc1. The maximum absolute atomic E-state index is 12.1. The lowest BCUT2D eigenvalue weighted by atomic mass is 10.0. The van der Waals surface area contributed by atoms with Crippen molar-refractivity contribution in [1.82, 2.24) is 5.32 Å². The second kappa shape index (κ2) is 12.1. The average Bonchev–Trinajstić information content (AvgIpc) is 2.77. The topological polar surface area (TPSA) is 73.9 Å². The first-order valence-corrected chi connectivity index (χ1v) is 9.68. The summed E-state index contributed by atoms with van der Waals surface area (Å²) < 4.78 is 15.7. The van der Waals surface area contributed by atoms with Gasteiger partial charge >= 0.3 is 5.97 Å². The fourth-order valence-electron chi connectivity index (χ4n) is 2.77. The third-order valence-corrected chi connectivity index (χ3v) is 4.25. The smallest absolute Gasteiger partial charge is 0.330 e. The van der Waals surface area contributed by atoms with Crippen molar-refractivity contribution >= 4 is 24.0 Å². The number of esters is 1. The molecule has 2 aromatic rings. The van der Waals surface area contributed by atoms with Crippen LogP contribution in [0.15, 0.2) is 54.6 Å². The Morgan fingerprint density at radius 1 is 0.967 bits per heavy atom. The molecule has 1 amide bonds. The van der Waals surface area contributed by atoms with Crippen molar-refractivity contribution < 1.29 is 23.8 Å². The Bertz CT molecular complexity index is 903. The van der Waals surface area contributed by atoms with Crippen LogP contribution in [0.4, 0.5) is 0 Å². The van der Waals surface area contributed by atoms with Crippen LogP contribution in [0.1, 0.15) is 23.6 Å². The number of amides is 1. The van der Waals surface area contributed by atoms with E-state index in [1.807, 2.05) is 36.4 Å². The van der Waals surface area contributed by atoms with Gasteiger partial charge in [-0.05, 0) is 54.3 Å². The Balaban J connectivity index is 2.07. The van der Waals surface area contributed by atoms with Gasteiger partial charge in [0, 0.05) is 18.7 Å². The Hall–Kier alpha value is -3.54. The standard InChI is InChI=1S/C24H27NO5/c1-4-30-24(27)13-11-19-16-21(28-2)22(29-3)17-20(19)14-15-25-23(26)12-10-18-8-6-5-7-9-18/h5-13,16-17H,4,14-15H2,1-3H3,(H,25,26)/b12-10+,13-11+. The van der Waals surface area contributed by atoms with Crippen LogP contribution in [0, 0.1) is 0 Å². The zero-order chi connectivity index (χ0) is 21.8. The Morgan fingerprint density at radius 3 is 2.33 bits per heavy atom. The van der Waals surface area contributed by atoms with Crippen LogP contribution < -0.4 is 14.8 Å². The minimum Gasteiger partial charge on any atom is -0.493 e. The van der Waals surface area contributed by atoms with Gasteiger partial charge in [0.05, 0.1) is 20.8 Å². The molecule has 0 saturated heterocycles. The molecular weight excluding hydrogens is 382 g/mol. The molecule has 0 aliphatic rings. The maximum Gasteiger partial charge on any atom is 0.330 e. The molecule has 0 aliphatic heterocycles. The molecule has 0 atom stereocenters. The second-order valence-corrected chi connectivity index (χ2v) is 6.28. The number of hydrogen-bond acceptors (Lipinski definition) is 5. The number of methoxy groups -OCH3 is 2. The molecule has 0 unspecified atom stereocenters. The van der Waals surface area contributed by atoms with Crippen LogP contribution >= 0.6 is 0 Å². The van der Waals surface area contributed by atoms with Gasteiger partial charge in [-0.3, -0.25) is 4.79 Å². The molecule has 158 valence electrons. The number of rotatable bonds is 10. The Kier molecular flexibility index (Phi) is 9.18. The highest BCUT2D eigenvalue weighted by atomic mass is 16.5. The zero-order valence-corrected chi connectivity index (χ0v) is 17.5. The van der Waals surface area contributed by atoms with E-state index in [2.05, 4.69) is 5.32 Å². The first kappa shape index (κ1) is 22.7. The number of benzene rings is 2. The number of nitrogens with one attached hydrogen (secondary N) is 1. The van der Waals surface area contributed by atoms with Gasteiger partial charge in [0.25, 0.3) is 0 Å². The van der Waals surface area contributed by atoms with Gasteiger partial charge in [0.1, 0.15) is 0 Å². The van der Waals surface area contributed by atoms with Crippen LogP contribution in [0.3, 0.4) is 0 Å². The molecular formula is C24H27NO5. The summed E-state index contributed by atoms with van der Waals surface area (Å²) in [6.45, 7) is 2.49. The molecule has 0 heterocycles. The molecule has 0 radical (unpaired) electrons. The number of carbonyl (C=O) groups excluding carboxylic acids is 2. The predicted molar refractivity (Wildman–Crippen MR) is 117 cm³/mol. The number of ether oxygens (including phenoxy) is 3. The molecule has 0 spiro atoms. The lowest BCUT2D eigenvalue weighted by Gasteiger charge is -2.13. The van der Waals surface area contributed by atoms with E-state index in [-0.39, 0.29) is 5.91 Å². The summed E-state index contributed by atoms with van der Waals surface area (Å²) in [5.41, 5.74) is 2.65. The van der Waals surface area contributed by atoms with Crippen molar-refractivity contribution in [1.29, 1.82) is 0 Å². The molecule has 6 nitrogen and oxygen atoms in total. The summed E-state index contributed by atoms with van der Waals surface area (Å²) in [7, 11) is 3.11. The maximum atomic E-state index is 12.1. The minimum atomic E-state index is -0.419. The third kappa shape index (κ3) is 7.13. The molecule has 0 aliphatic carbocycles. The first-order chi connectivity index (χ1) is 14.6. The van der Waals surface area contributed by atoms with Crippen molar-refractivity contribution in [3.8, 4) is 11.5 Å². The molecule has 30 heavy (non-hydrogen) atoms. The van der Waals surface area contributed by atoms with Crippen LogP contribution in [-0.4, -0.2) is 39.2 Å². The monoisotopic (exact) mass is 409 g/mol. The third-order valence-electron chi connectivity index (χ3n) is 4.25. The van der Waals surface area contributed by atoms with Crippen molar-refractivity contribution in [3.05, 3.63) is 71.3 Å². The predicted octanol–water partition coefficient (Wildman–Crippen LogP) is 3.65. The van der Waals surface area contributed by atoms with Gasteiger partial charge in [-0.25, -0.2) is 4.79 Å². The van der Waals surface area contributed by atoms with Gasteiger partial charge in [-0.2, -0.15) is 0 Å². The summed E-state index contributed by atoms with van der Waals surface area (Å²) in [4.78, 5) is 23.8. The fourth-order valence-corrected chi connectivity index (χ4v) is 2.77. The van der Waals surface area contributed by atoms with E-state index < -0.39 is 5.97 Å². The summed E-state index contributed by atoms with van der Waals surface area (Å²) in [6, 6.07) is 13.2. The first-order valence-electron chi connectivity index (χ1n) is 9.68. The zero-order valence-electron chi connectivity index (χ0n) is 17.5. The van der Waals surface area contributed by atoms with Crippen molar-refractivity contribution in [2.45, 2.75) is 13.3 Å². The average molecular weight is 409 g/mol. The van der Waals surface area contributed by atoms with E-state index in [1.165, 1.54) is 12.2 Å². The van der Waals surface area contributed by atoms with Gasteiger partial charge in [0.15, 0.2) is 11.5 Å². The summed E-state index contributed by atoms with van der Waals surface area (Å²) in [6.07, 6.45) is 6.86. The number of carbonyl (C=O) groups is 2. The highest BCUT2D eigenvalue weighted by Gasteiger charge is 2.10. The highest BCUT2D eigenvalue weighted by Crippen LogP contribution is 2.31. The molecule has 6 heteroatoms. The van der Waals surface area contributed by atoms with E-state index in [1.54, 1.807) is 39.4 Å². The lowest BCUT2D eigenvalue weighted by Crippen LogP contribution is -2.23. The van der Waals surface area contributed by atoms with Crippen molar-refractivity contribution in [2.75, 3.05) is 27.4 Å². The highest BCUT2D eigenvalue weighted by molar-refractivity contribution is 5.91. The van der Waals surface area contributed by atoms with E-state index in [0.717, 1.165) is 16.7 Å². The normalized spacial score (nSPS) is 10.9. The molecule has 0 bridgehead atoms. The molecule has 2 aromatic carbocycles. The van der Waals surface area contributed by atoms with Gasteiger partial charge < -0.3 is 19.5 Å². The van der Waals surface area contributed by atoms with E-state index in [0.29, 0.717) is 31.1 Å². The van der Waals surface area contributed by atoms with Crippen molar-refractivity contribution in [3.63, 3.8) is 0 Å². The largest absolute Gasteiger partial charge is 0.493 e. The molecule has 0 saturated carbocycles. The lowest BCUT2D eigenvalue weighted by molar-refractivity contribution is -0.137. The number of hydrogen-bond donors (Lipinski definition) is 1. The Morgan fingerprint density at radius 2 is 1.67 bits per heavy atom.